The van der Waals surface area contributed by atoms with E-state index in [9.17, 15) is 4.79 Å². The molecule has 1 aliphatic carbocycles. The first-order chi connectivity index (χ1) is 7.61. The van der Waals surface area contributed by atoms with Crippen molar-refractivity contribution in [1.29, 1.82) is 0 Å². The van der Waals surface area contributed by atoms with Crippen molar-refractivity contribution in [1.82, 2.24) is 0 Å². The first-order valence-electron chi connectivity index (χ1n) is 4.88. The third kappa shape index (κ3) is 2.15. The molecule has 1 aromatic carbocycles. The third-order valence-corrected chi connectivity index (χ3v) is 3.44. The molecule has 1 aliphatic rings. The van der Waals surface area contributed by atoms with Gasteiger partial charge in [-0.1, -0.05) is 27.5 Å². The zero-order valence-corrected chi connectivity index (χ0v) is 11.1. The second-order valence-corrected chi connectivity index (χ2v) is 4.93. The molecule has 0 N–H and O–H groups in total. The molecule has 0 amide bonds. The maximum Gasteiger partial charge on any atom is 0.330 e. The Balaban J connectivity index is 2.47. The Morgan fingerprint density at radius 2 is 2.25 bits per heavy atom. The van der Waals surface area contributed by atoms with Crippen molar-refractivity contribution in [2.24, 2.45) is 0 Å². The summed E-state index contributed by atoms with van der Waals surface area (Å²) in [7, 11) is 1.38. The Bertz CT molecular complexity index is 480. The van der Waals surface area contributed by atoms with E-state index in [0.29, 0.717) is 0 Å². The highest BCUT2D eigenvalue weighted by Gasteiger charge is 2.20. The molecular weight excluding hydrogens is 291 g/mol. The Hall–Kier alpha value is -0.800. The number of benzene rings is 1. The van der Waals surface area contributed by atoms with Crippen molar-refractivity contribution in [3.8, 4) is 0 Å². The fourth-order valence-electron chi connectivity index (χ4n) is 1.89. The summed E-state index contributed by atoms with van der Waals surface area (Å²) in [5.41, 5.74) is 3.15. The van der Waals surface area contributed by atoms with E-state index in [1.54, 1.807) is 0 Å². The van der Waals surface area contributed by atoms with E-state index < -0.39 is 0 Å². The first kappa shape index (κ1) is 11.7. The van der Waals surface area contributed by atoms with Crippen LogP contribution in [0.5, 0.6) is 0 Å². The second-order valence-electron chi connectivity index (χ2n) is 3.61. The number of hydrogen-bond donors (Lipinski definition) is 0. The zero-order valence-electron chi connectivity index (χ0n) is 8.72. The molecule has 2 nitrogen and oxygen atoms in total. The third-order valence-electron chi connectivity index (χ3n) is 2.64. The Morgan fingerprint density at radius 1 is 1.50 bits per heavy atom. The lowest BCUT2D eigenvalue weighted by molar-refractivity contribution is -0.134. The van der Waals surface area contributed by atoms with Crippen LogP contribution in [-0.2, 0) is 16.0 Å². The summed E-state index contributed by atoms with van der Waals surface area (Å²) in [5, 5.41) is 0.748. The van der Waals surface area contributed by atoms with Gasteiger partial charge in [-0.05, 0) is 41.7 Å². The van der Waals surface area contributed by atoms with Gasteiger partial charge in [-0.25, -0.2) is 4.79 Å². The number of ether oxygens (including phenoxy) is 1. The van der Waals surface area contributed by atoms with Crippen LogP contribution < -0.4 is 0 Å². The summed E-state index contributed by atoms with van der Waals surface area (Å²) in [6, 6.07) is 3.87. The lowest BCUT2D eigenvalue weighted by atomic mass is 10.1. The molecule has 1 aromatic rings. The second kappa shape index (κ2) is 4.60. The first-order valence-corrected chi connectivity index (χ1v) is 6.05. The van der Waals surface area contributed by atoms with Crippen molar-refractivity contribution >= 4 is 39.1 Å². The maximum absolute atomic E-state index is 11.2. The number of carbonyl (C=O) groups excluding carboxylic acids is 1. The summed E-state index contributed by atoms with van der Waals surface area (Å²) in [4.78, 5) is 11.2. The van der Waals surface area contributed by atoms with Crippen molar-refractivity contribution in [2.75, 3.05) is 7.11 Å². The molecule has 0 unspecified atom stereocenters. The van der Waals surface area contributed by atoms with E-state index in [-0.39, 0.29) is 5.97 Å². The molecule has 0 aliphatic heterocycles. The average Bonchev–Trinajstić information content (AvgIpc) is 2.61. The van der Waals surface area contributed by atoms with Crippen molar-refractivity contribution in [3.63, 3.8) is 0 Å². The number of halogens is 2. The monoisotopic (exact) mass is 300 g/mol. The minimum Gasteiger partial charge on any atom is -0.466 e. The molecule has 0 aromatic heterocycles. The largest absolute Gasteiger partial charge is 0.466 e. The van der Waals surface area contributed by atoms with Crippen LogP contribution in [0.15, 0.2) is 22.7 Å². The van der Waals surface area contributed by atoms with Crippen LogP contribution in [0.25, 0.3) is 5.57 Å². The quantitative estimate of drug-likeness (QED) is 0.585. The van der Waals surface area contributed by atoms with Crippen molar-refractivity contribution in [2.45, 2.75) is 12.8 Å². The van der Waals surface area contributed by atoms with Gasteiger partial charge in [-0.3, -0.25) is 0 Å². The minimum atomic E-state index is -0.320. The van der Waals surface area contributed by atoms with Crippen LogP contribution in [0.1, 0.15) is 17.5 Å². The van der Waals surface area contributed by atoms with Gasteiger partial charge in [0.2, 0.25) is 0 Å². The predicted octanol–water partition coefficient (Wildman–Crippen LogP) is 3.61. The number of rotatable bonds is 1. The molecule has 4 heteroatoms. The molecule has 0 atom stereocenters. The lowest BCUT2D eigenvalue weighted by Gasteiger charge is -2.04. The van der Waals surface area contributed by atoms with E-state index in [2.05, 4.69) is 20.7 Å². The standard InChI is InChI=1S/C12H10BrClO2/c1-16-12(15)4-7-2-3-9-10(7)5-8(13)6-11(9)14/h4-6H,2-3H2,1H3/b7-4+. The molecule has 84 valence electrons. The molecular formula is C12H10BrClO2. The number of hydrogen-bond acceptors (Lipinski definition) is 2. The lowest BCUT2D eigenvalue weighted by Crippen LogP contribution is -1.95. The zero-order chi connectivity index (χ0) is 11.7. The fourth-order valence-corrected chi connectivity index (χ4v) is 2.79. The molecule has 0 spiro atoms. The molecule has 0 bridgehead atoms. The van der Waals surface area contributed by atoms with Gasteiger partial charge in [0.1, 0.15) is 0 Å². The summed E-state index contributed by atoms with van der Waals surface area (Å²) in [6.45, 7) is 0. The molecule has 0 fully saturated rings. The minimum absolute atomic E-state index is 0.320. The van der Waals surface area contributed by atoms with Crippen LogP contribution >= 0.6 is 27.5 Å². The van der Waals surface area contributed by atoms with E-state index in [0.717, 1.165) is 39.0 Å². The van der Waals surface area contributed by atoms with Crippen LogP contribution in [0.4, 0.5) is 0 Å². The van der Waals surface area contributed by atoms with Gasteiger partial charge in [0.15, 0.2) is 0 Å². The van der Waals surface area contributed by atoms with E-state index in [4.69, 9.17) is 11.6 Å². The van der Waals surface area contributed by atoms with Gasteiger partial charge < -0.3 is 4.74 Å². The van der Waals surface area contributed by atoms with Gasteiger partial charge in [0.25, 0.3) is 0 Å². The fraction of sp³-hybridized carbons (Fsp3) is 0.250. The van der Waals surface area contributed by atoms with E-state index in [1.807, 2.05) is 12.1 Å². The molecule has 0 heterocycles. The average molecular weight is 302 g/mol. The van der Waals surface area contributed by atoms with Crippen LogP contribution in [0.3, 0.4) is 0 Å². The molecule has 0 radical (unpaired) electrons. The van der Waals surface area contributed by atoms with Gasteiger partial charge in [0, 0.05) is 15.6 Å². The van der Waals surface area contributed by atoms with Crippen molar-refractivity contribution < 1.29 is 9.53 Å². The van der Waals surface area contributed by atoms with E-state index >= 15 is 0 Å². The van der Waals surface area contributed by atoms with Crippen LogP contribution in [0.2, 0.25) is 5.02 Å². The summed E-state index contributed by atoms with van der Waals surface area (Å²) in [5.74, 6) is -0.320. The Labute approximate surface area is 107 Å². The number of fused-ring (bicyclic) bond motifs is 1. The number of carbonyl (C=O) groups is 1. The highest BCUT2D eigenvalue weighted by atomic mass is 79.9. The number of allylic oxidation sites excluding steroid dienone is 1. The number of esters is 1. The highest BCUT2D eigenvalue weighted by Crippen LogP contribution is 2.38. The van der Waals surface area contributed by atoms with Gasteiger partial charge in [-0.15, -0.1) is 0 Å². The normalized spacial score (nSPS) is 16.3. The molecule has 16 heavy (non-hydrogen) atoms. The topological polar surface area (TPSA) is 26.3 Å². The predicted molar refractivity (Wildman–Crippen MR) is 67.5 cm³/mol. The number of methoxy groups -OCH3 is 1. The molecule has 0 saturated heterocycles. The highest BCUT2D eigenvalue weighted by molar-refractivity contribution is 9.10. The Kier molecular flexibility index (Phi) is 3.36. The van der Waals surface area contributed by atoms with E-state index in [1.165, 1.54) is 13.2 Å². The smallest absolute Gasteiger partial charge is 0.330 e. The van der Waals surface area contributed by atoms with Gasteiger partial charge in [-0.2, -0.15) is 0 Å². The van der Waals surface area contributed by atoms with Crippen molar-refractivity contribution in [3.05, 3.63) is 38.8 Å². The SMILES string of the molecule is COC(=O)/C=C1\CCc2c(Cl)cc(Br)cc21. The van der Waals surface area contributed by atoms with Gasteiger partial charge >= 0.3 is 5.97 Å². The summed E-state index contributed by atoms with van der Waals surface area (Å²) >= 11 is 9.54. The maximum atomic E-state index is 11.2. The Morgan fingerprint density at radius 3 is 2.94 bits per heavy atom. The van der Waals surface area contributed by atoms with Crippen LogP contribution in [-0.4, -0.2) is 13.1 Å². The van der Waals surface area contributed by atoms with Gasteiger partial charge in [0.05, 0.1) is 7.11 Å². The molecule has 0 saturated carbocycles. The summed E-state index contributed by atoms with van der Waals surface area (Å²) in [6.07, 6.45) is 3.25. The van der Waals surface area contributed by atoms with Crippen LogP contribution in [0, 0.1) is 0 Å². The summed E-state index contributed by atoms with van der Waals surface area (Å²) < 4.78 is 5.55. The molecule has 2 rings (SSSR count).